The third kappa shape index (κ3) is 4.90. The summed E-state index contributed by atoms with van der Waals surface area (Å²) in [5, 5.41) is 0.822. The normalized spacial score (nSPS) is 14.9. The Morgan fingerprint density at radius 1 is 0.861 bits per heavy atom. The molecule has 1 aliphatic heterocycles. The molecule has 6 nitrogen and oxygen atoms in total. The third-order valence-corrected chi connectivity index (χ3v) is 8.37. The second-order valence-electron chi connectivity index (χ2n) is 9.32. The minimum atomic E-state index is -3.26. The molecule has 5 rings (SSSR count). The highest BCUT2D eigenvalue weighted by Gasteiger charge is 2.30. The van der Waals surface area contributed by atoms with Crippen LogP contribution in [-0.4, -0.2) is 60.9 Å². The molecule has 0 radical (unpaired) electrons. The average molecular weight is 500 g/mol. The molecular formula is C29H29N3O3S. The van der Waals surface area contributed by atoms with E-state index in [1.807, 2.05) is 65.6 Å². The van der Waals surface area contributed by atoms with Crippen molar-refractivity contribution in [2.75, 3.05) is 26.4 Å². The Labute approximate surface area is 212 Å². The van der Waals surface area contributed by atoms with E-state index in [0.717, 1.165) is 33.3 Å². The Kier molecular flexibility index (Phi) is 6.60. The van der Waals surface area contributed by atoms with E-state index in [2.05, 4.69) is 24.3 Å². The molecule has 0 N–H and O–H groups in total. The van der Waals surface area contributed by atoms with Crippen LogP contribution in [0, 0.1) is 0 Å². The topological polar surface area (TPSA) is 70.6 Å². The van der Waals surface area contributed by atoms with E-state index >= 15 is 0 Å². The number of rotatable bonds is 5. The number of likely N-dealkylation sites (tertiary alicyclic amines) is 1. The number of sulfonamides is 1. The zero-order valence-electron chi connectivity index (χ0n) is 20.5. The summed E-state index contributed by atoms with van der Waals surface area (Å²) in [6.45, 7) is 1.03. The van der Waals surface area contributed by atoms with Crippen molar-refractivity contribution in [3.05, 3.63) is 90.5 Å². The van der Waals surface area contributed by atoms with Gasteiger partial charge in [-0.2, -0.15) is 0 Å². The van der Waals surface area contributed by atoms with Gasteiger partial charge in [-0.05, 0) is 36.1 Å². The largest absolute Gasteiger partial charge is 0.339 e. The Morgan fingerprint density at radius 3 is 2.11 bits per heavy atom. The first-order valence-corrected chi connectivity index (χ1v) is 13.9. The molecule has 1 amide bonds. The number of fused-ring (bicyclic) bond motifs is 1. The lowest BCUT2D eigenvalue weighted by Crippen LogP contribution is -2.47. The van der Waals surface area contributed by atoms with Crippen LogP contribution in [0.4, 0.5) is 0 Å². The number of hydrogen-bond donors (Lipinski definition) is 0. The summed E-state index contributed by atoms with van der Waals surface area (Å²) in [5.74, 6) is -0.0452. The number of hydrogen-bond acceptors (Lipinski definition) is 4. The first-order chi connectivity index (χ1) is 17.3. The van der Waals surface area contributed by atoms with Gasteiger partial charge in [0.05, 0.1) is 23.0 Å². The van der Waals surface area contributed by atoms with Crippen LogP contribution in [-0.2, 0) is 10.0 Å². The van der Waals surface area contributed by atoms with Crippen LogP contribution in [0.15, 0.2) is 84.9 Å². The molecule has 1 aliphatic rings. The van der Waals surface area contributed by atoms with Crippen LogP contribution in [0.3, 0.4) is 0 Å². The zero-order chi connectivity index (χ0) is 25.3. The first kappa shape index (κ1) is 24.2. The molecular weight excluding hydrogens is 470 g/mol. The maximum absolute atomic E-state index is 13.7. The van der Waals surface area contributed by atoms with Crippen LogP contribution in [0.2, 0.25) is 0 Å². The van der Waals surface area contributed by atoms with Gasteiger partial charge in [0, 0.05) is 37.1 Å². The van der Waals surface area contributed by atoms with Crippen molar-refractivity contribution >= 4 is 26.8 Å². The molecule has 3 aromatic carbocycles. The molecule has 1 saturated heterocycles. The quantitative estimate of drug-likeness (QED) is 0.385. The predicted octanol–water partition coefficient (Wildman–Crippen LogP) is 5.06. The summed E-state index contributed by atoms with van der Waals surface area (Å²) in [6.07, 6.45) is 2.46. The first-order valence-electron chi connectivity index (χ1n) is 12.1. The molecule has 7 heteroatoms. The molecule has 1 aromatic heterocycles. The number of pyridine rings is 1. The van der Waals surface area contributed by atoms with Crippen molar-refractivity contribution in [2.45, 2.75) is 18.9 Å². The van der Waals surface area contributed by atoms with Crippen molar-refractivity contribution < 1.29 is 13.2 Å². The second-order valence-corrected chi connectivity index (χ2v) is 11.4. The fraction of sp³-hybridized carbons (Fsp3) is 0.241. The molecule has 4 aromatic rings. The summed E-state index contributed by atoms with van der Waals surface area (Å²) in [4.78, 5) is 20.4. The van der Waals surface area contributed by atoms with Gasteiger partial charge in [0.25, 0.3) is 5.91 Å². The molecule has 0 bridgehead atoms. The second kappa shape index (κ2) is 9.84. The lowest BCUT2D eigenvalue weighted by Gasteiger charge is -2.35. The molecule has 0 atom stereocenters. The van der Waals surface area contributed by atoms with E-state index < -0.39 is 10.0 Å². The van der Waals surface area contributed by atoms with E-state index in [4.69, 9.17) is 4.98 Å². The van der Waals surface area contributed by atoms with Crippen molar-refractivity contribution in [1.29, 1.82) is 0 Å². The average Bonchev–Trinajstić information content (AvgIpc) is 2.92. The third-order valence-electron chi connectivity index (χ3n) is 7.02. The van der Waals surface area contributed by atoms with Crippen molar-refractivity contribution in [3.8, 4) is 22.4 Å². The van der Waals surface area contributed by atoms with Crippen molar-refractivity contribution in [3.63, 3.8) is 0 Å². The number of carbonyl (C=O) groups is 1. The molecule has 0 aliphatic carbocycles. The number of benzene rings is 3. The lowest BCUT2D eigenvalue weighted by molar-refractivity contribution is 0.0688. The molecule has 0 spiro atoms. The highest BCUT2D eigenvalue weighted by molar-refractivity contribution is 7.88. The van der Waals surface area contributed by atoms with E-state index in [0.29, 0.717) is 31.5 Å². The number of carbonyl (C=O) groups excluding carboxylic acids is 1. The van der Waals surface area contributed by atoms with Gasteiger partial charge in [0.15, 0.2) is 0 Å². The SMILES string of the molecule is CN(C1CCN(C(=O)c2cc(-c3ccc(-c4ccccc4)cc3)nc3ccccc23)CC1)S(C)(=O)=O. The molecule has 0 saturated carbocycles. The molecule has 2 heterocycles. The Bertz CT molecular complexity index is 1490. The molecule has 0 unspecified atom stereocenters. The number of aromatic nitrogens is 1. The number of para-hydroxylation sites is 1. The number of nitrogens with zero attached hydrogens (tertiary/aromatic N) is 3. The fourth-order valence-corrected chi connectivity index (χ4v) is 5.59. The summed E-state index contributed by atoms with van der Waals surface area (Å²) in [6, 6.07) is 28.0. The van der Waals surface area contributed by atoms with E-state index in [1.54, 1.807) is 7.05 Å². The van der Waals surface area contributed by atoms with Crippen LogP contribution in [0.1, 0.15) is 23.2 Å². The van der Waals surface area contributed by atoms with Gasteiger partial charge >= 0.3 is 0 Å². The van der Waals surface area contributed by atoms with Crippen molar-refractivity contribution in [1.82, 2.24) is 14.2 Å². The molecule has 1 fully saturated rings. The van der Waals surface area contributed by atoms with Gasteiger partial charge in [-0.15, -0.1) is 0 Å². The van der Waals surface area contributed by atoms with Crippen LogP contribution < -0.4 is 0 Å². The Hall–Kier alpha value is -3.55. The van der Waals surface area contributed by atoms with Crippen LogP contribution in [0.25, 0.3) is 33.3 Å². The monoisotopic (exact) mass is 499 g/mol. The van der Waals surface area contributed by atoms with Crippen molar-refractivity contribution in [2.24, 2.45) is 0 Å². The fourth-order valence-electron chi connectivity index (χ4n) is 4.84. The van der Waals surface area contributed by atoms with Crippen LogP contribution in [0.5, 0.6) is 0 Å². The Balaban J connectivity index is 1.44. The summed E-state index contributed by atoms with van der Waals surface area (Å²) < 4.78 is 25.3. The summed E-state index contributed by atoms with van der Waals surface area (Å²) in [7, 11) is -1.64. The Morgan fingerprint density at radius 2 is 1.44 bits per heavy atom. The summed E-state index contributed by atoms with van der Waals surface area (Å²) in [5.41, 5.74) is 5.37. The van der Waals surface area contributed by atoms with Gasteiger partial charge in [0.1, 0.15) is 0 Å². The predicted molar refractivity (Wildman–Crippen MR) is 144 cm³/mol. The minimum absolute atomic E-state index is 0.0452. The van der Waals surface area contributed by atoms with E-state index in [-0.39, 0.29) is 11.9 Å². The highest BCUT2D eigenvalue weighted by atomic mass is 32.2. The van der Waals surface area contributed by atoms with Gasteiger partial charge in [-0.1, -0.05) is 72.8 Å². The molecule has 36 heavy (non-hydrogen) atoms. The van der Waals surface area contributed by atoms with Gasteiger partial charge < -0.3 is 4.90 Å². The highest BCUT2D eigenvalue weighted by Crippen LogP contribution is 2.29. The number of piperidine rings is 1. The van der Waals surface area contributed by atoms with Gasteiger partial charge in [0.2, 0.25) is 10.0 Å². The number of amides is 1. The maximum Gasteiger partial charge on any atom is 0.254 e. The summed E-state index contributed by atoms with van der Waals surface area (Å²) >= 11 is 0. The standard InChI is InChI=1S/C29H29N3O3S/c1-31(36(2,34)35)24-16-18-32(19-17-24)29(33)26-20-28(30-27-11-7-6-10-25(26)27)23-14-12-22(13-15-23)21-8-4-3-5-9-21/h3-15,20,24H,16-19H2,1-2H3. The van der Waals surface area contributed by atoms with E-state index in [1.165, 1.54) is 10.6 Å². The zero-order valence-corrected chi connectivity index (χ0v) is 21.3. The van der Waals surface area contributed by atoms with Crippen LogP contribution >= 0.6 is 0 Å². The lowest BCUT2D eigenvalue weighted by atomic mass is 9.99. The minimum Gasteiger partial charge on any atom is -0.339 e. The van der Waals surface area contributed by atoms with Gasteiger partial charge in [-0.3, -0.25) is 4.79 Å². The molecule has 184 valence electrons. The maximum atomic E-state index is 13.7. The van der Waals surface area contributed by atoms with E-state index in [9.17, 15) is 13.2 Å². The smallest absolute Gasteiger partial charge is 0.254 e. The van der Waals surface area contributed by atoms with Gasteiger partial charge in [-0.25, -0.2) is 17.7 Å².